The van der Waals surface area contributed by atoms with Crippen molar-refractivity contribution in [2.75, 3.05) is 11.1 Å². The van der Waals surface area contributed by atoms with Crippen molar-refractivity contribution in [1.82, 2.24) is 14.4 Å². The minimum atomic E-state index is -4.43. The third-order valence-corrected chi connectivity index (χ3v) is 7.99. The Morgan fingerprint density at radius 3 is 2.50 bits per heavy atom. The molecule has 0 atom stereocenters. The Morgan fingerprint density at radius 1 is 1.08 bits per heavy atom. The van der Waals surface area contributed by atoms with Crippen LogP contribution in [-0.4, -0.2) is 20.3 Å². The quantitative estimate of drug-likeness (QED) is 0.246. The molecule has 0 radical (unpaired) electrons. The number of benzene rings is 2. The van der Waals surface area contributed by atoms with Crippen LogP contribution < -0.4 is 11.1 Å². The average Bonchev–Trinajstić information content (AvgIpc) is 3.43. The molecule has 0 aliphatic heterocycles. The van der Waals surface area contributed by atoms with Crippen LogP contribution in [0, 0.1) is 6.92 Å². The number of nitrogens with zero attached hydrogens (tertiary/aromatic N) is 3. The van der Waals surface area contributed by atoms with E-state index in [-0.39, 0.29) is 17.0 Å². The average molecular weight is 534 g/mol. The number of nitrogens with one attached hydrogen (secondary N) is 1. The highest BCUT2D eigenvalue weighted by atomic mass is 32.1. The number of aryl methyl sites for hydroxylation is 1. The van der Waals surface area contributed by atoms with Gasteiger partial charge in [0.1, 0.15) is 16.3 Å². The standard InChI is InChI=1S/C28H22F3N5OS/c1-16-24(36-13-10-19(28(29,30)31)14-23(36)33-16)22-15-38-26(35-22)27(11-12-27)18-8-6-17(7-9-18)25(37)34-21-5-3-2-4-20(21)32/h2-10,13-15H,11-12,32H2,1H3,(H,34,37). The summed E-state index contributed by atoms with van der Waals surface area (Å²) in [5.41, 5.74) is 9.81. The van der Waals surface area contributed by atoms with Gasteiger partial charge in [-0.25, -0.2) is 9.97 Å². The minimum absolute atomic E-state index is 0.231. The Morgan fingerprint density at radius 2 is 1.82 bits per heavy atom. The predicted octanol–water partition coefficient (Wildman–Crippen LogP) is 6.70. The SMILES string of the molecule is Cc1nc2cc(C(F)(F)F)ccn2c1-c1csc(C2(c3ccc(C(=O)Nc4ccccc4N)cc3)CC2)n1. The van der Waals surface area contributed by atoms with Gasteiger partial charge in [-0.15, -0.1) is 11.3 Å². The van der Waals surface area contributed by atoms with E-state index in [0.29, 0.717) is 34.0 Å². The van der Waals surface area contributed by atoms with Crippen molar-refractivity contribution < 1.29 is 18.0 Å². The molecule has 0 spiro atoms. The minimum Gasteiger partial charge on any atom is -0.397 e. The zero-order valence-electron chi connectivity index (χ0n) is 20.2. The van der Waals surface area contributed by atoms with Gasteiger partial charge < -0.3 is 11.1 Å². The molecule has 1 saturated carbocycles. The van der Waals surface area contributed by atoms with Gasteiger partial charge in [-0.1, -0.05) is 24.3 Å². The Hall–Kier alpha value is -4.18. The highest BCUT2D eigenvalue weighted by Crippen LogP contribution is 2.54. The molecule has 38 heavy (non-hydrogen) atoms. The third-order valence-electron chi connectivity index (χ3n) is 6.94. The lowest BCUT2D eigenvalue weighted by Gasteiger charge is -2.14. The molecule has 10 heteroatoms. The molecule has 1 amide bonds. The van der Waals surface area contributed by atoms with Gasteiger partial charge in [0.25, 0.3) is 5.91 Å². The van der Waals surface area contributed by atoms with Crippen LogP contribution in [0.15, 0.2) is 72.2 Å². The number of para-hydroxylation sites is 2. The van der Waals surface area contributed by atoms with E-state index in [4.69, 9.17) is 10.7 Å². The molecule has 6 nitrogen and oxygen atoms in total. The molecule has 1 fully saturated rings. The van der Waals surface area contributed by atoms with E-state index in [9.17, 15) is 18.0 Å². The number of carbonyl (C=O) groups is 1. The van der Waals surface area contributed by atoms with Crippen molar-refractivity contribution in [3.8, 4) is 11.4 Å². The molecular weight excluding hydrogens is 511 g/mol. The van der Waals surface area contributed by atoms with Crippen molar-refractivity contribution in [1.29, 1.82) is 0 Å². The highest BCUT2D eigenvalue weighted by molar-refractivity contribution is 7.10. The lowest BCUT2D eigenvalue weighted by molar-refractivity contribution is -0.137. The summed E-state index contributed by atoms with van der Waals surface area (Å²) in [5.74, 6) is -0.243. The molecule has 3 heterocycles. The number of rotatable bonds is 5. The predicted molar refractivity (Wildman–Crippen MR) is 141 cm³/mol. The van der Waals surface area contributed by atoms with Gasteiger partial charge in [-0.2, -0.15) is 13.2 Å². The molecule has 6 rings (SSSR count). The fourth-order valence-corrected chi connectivity index (χ4v) is 5.83. The van der Waals surface area contributed by atoms with E-state index in [2.05, 4.69) is 10.3 Å². The van der Waals surface area contributed by atoms with Crippen LogP contribution in [0.4, 0.5) is 24.5 Å². The molecule has 0 unspecified atom stereocenters. The van der Waals surface area contributed by atoms with Gasteiger partial charge in [-0.05, 0) is 61.7 Å². The fourth-order valence-electron chi connectivity index (χ4n) is 4.75. The van der Waals surface area contributed by atoms with Gasteiger partial charge >= 0.3 is 6.18 Å². The van der Waals surface area contributed by atoms with Gasteiger partial charge in [0, 0.05) is 22.6 Å². The topological polar surface area (TPSA) is 85.3 Å². The zero-order valence-corrected chi connectivity index (χ0v) is 21.0. The summed E-state index contributed by atoms with van der Waals surface area (Å²) < 4.78 is 41.1. The second-order valence-corrected chi connectivity index (χ2v) is 10.3. The molecule has 1 aliphatic carbocycles. The van der Waals surface area contributed by atoms with E-state index in [0.717, 1.165) is 35.5 Å². The number of aromatic nitrogens is 3. The summed E-state index contributed by atoms with van der Waals surface area (Å²) in [6, 6.07) is 16.7. The number of hydrogen-bond acceptors (Lipinski definition) is 5. The summed E-state index contributed by atoms with van der Waals surface area (Å²) in [6.07, 6.45) is -1.19. The number of hydrogen-bond donors (Lipinski definition) is 2. The van der Waals surface area contributed by atoms with Gasteiger partial charge in [0.2, 0.25) is 0 Å². The number of imidazole rings is 1. The maximum atomic E-state index is 13.2. The lowest BCUT2D eigenvalue weighted by atomic mass is 9.95. The van der Waals surface area contributed by atoms with Gasteiger partial charge in [0.05, 0.1) is 28.3 Å². The number of halogens is 3. The van der Waals surface area contributed by atoms with Crippen molar-refractivity contribution in [3.05, 3.63) is 99.6 Å². The Labute approximate surface area is 220 Å². The van der Waals surface area contributed by atoms with Crippen molar-refractivity contribution in [2.24, 2.45) is 0 Å². The number of carbonyl (C=O) groups excluding carboxylic acids is 1. The van der Waals surface area contributed by atoms with Crippen LogP contribution in [0.25, 0.3) is 17.0 Å². The molecule has 3 aromatic heterocycles. The number of pyridine rings is 1. The van der Waals surface area contributed by atoms with E-state index < -0.39 is 11.7 Å². The summed E-state index contributed by atoms with van der Waals surface area (Å²) in [4.78, 5) is 22.0. The monoisotopic (exact) mass is 533 g/mol. The third kappa shape index (κ3) is 4.10. The Balaban J connectivity index is 1.26. The van der Waals surface area contributed by atoms with Gasteiger partial charge in [-0.3, -0.25) is 9.20 Å². The number of alkyl halides is 3. The zero-order chi connectivity index (χ0) is 26.7. The number of anilines is 2. The number of thiazole rings is 1. The maximum Gasteiger partial charge on any atom is 0.416 e. The summed E-state index contributed by atoms with van der Waals surface area (Å²) in [7, 11) is 0. The van der Waals surface area contributed by atoms with Crippen molar-refractivity contribution >= 4 is 34.3 Å². The second-order valence-electron chi connectivity index (χ2n) is 9.43. The first-order valence-electron chi connectivity index (χ1n) is 11.9. The molecule has 1 aliphatic rings. The van der Waals surface area contributed by atoms with Gasteiger partial charge in [0.15, 0.2) is 0 Å². The molecule has 0 saturated heterocycles. The van der Waals surface area contributed by atoms with E-state index in [1.54, 1.807) is 41.7 Å². The number of nitrogens with two attached hydrogens (primary N) is 1. The molecule has 0 bridgehead atoms. The highest BCUT2D eigenvalue weighted by Gasteiger charge is 2.48. The van der Waals surface area contributed by atoms with Crippen LogP contribution in [0.3, 0.4) is 0 Å². The van der Waals surface area contributed by atoms with E-state index in [1.165, 1.54) is 17.5 Å². The fraction of sp³-hybridized carbons (Fsp3) is 0.179. The Bertz CT molecular complexity index is 1680. The summed E-state index contributed by atoms with van der Waals surface area (Å²) in [6.45, 7) is 1.77. The first-order chi connectivity index (χ1) is 18.2. The van der Waals surface area contributed by atoms with Crippen LogP contribution in [-0.2, 0) is 11.6 Å². The van der Waals surface area contributed by atoms with Crippen molar-refractivity contribution in [2.45, 2.75) is 31.4 Å². The second kappa shape index (κ2) is 8.70. The van der Waals surface area contributed by atoms with Crippen LogP contribution in [0.1, 0.15) is 45.0 Å². The Kier molecular flexibility index (Phi) is 5.53. The molecular formula is C28H22F3N5OS. The van der Waals surface area contributed by atoms with Crippen molar-refractivity contribution in [3.63, 3.8) is 0 Å². The smallest absolute Gasteiger partial charge is 0.397 e. The number of fused-ring (bicyclic) bond motifs is 1. The largest absolute Gasteiger partial charge is 0.416 e. The van der Waals surface area contributed by atoms with Crippen LogP contribution in [0.2, 0.25) is 0 Å². The summed E-state index contributed by atoms with van der Waals surface area (Å²) >= 11 is 1.53. The molecule has 2 aromatic carbocycles. The molecule has 5 aromatic rings. The number of nitrogen functional groups attached to an aromatic ring is 1. The van der Waals surface area contributed by atoms with E-state index in [1.807, 2.05) is 23.6 Å². The maximum absolute atomic E-state index is 13.2. The number of amides is 1. The normalized spacial score (nSPS) is 14.5. The first-order valence-corrected chi connectivity index (χ1v) is 12.8. The molecule has 192 valence electrons. The summed E-state index contributed by atoms with van der Waals surface area (Å²) in [5, 5.41) is 5.70. The van der Waals surface area contributed by atoms with Crippen LogP contribution in [0.5, 0.6) is 0 Å². The van der Waals surface area contributed by atoms with E-state index >= 15 is 0 Å². The first kappa shape index (κ1) is 24.2. The lowest BCUT2D eigenvalue weighted by Crippen LogP contribution is -2.14. The molecule has 3 N–H and O–H groups in total. The van der Waals surface area contributed by atoms with Crippen LogP contribution >= 0.6 is 11.3 Å².